The zero-order chi connectivity index (χ0) is 11.8. The predicted octanol–water partition coefficient (Wildman–Crippen LogP) is 3.64. The van der Waals surface area contributed by atoms with Gasteiger partial charge in [0.1, 0.15) is 6.07 Å². The fraction of sp³-hybridized carbons (Fsp3) is 0.571. The second-order valence-electron chi connectivity index (χ2n) is 4.15. The van der Waals surface area contributed by atoms with Gasteiger partial charge in [-0.05, 0) is 37.3 Å². The normalized spacial score (nSPS) is 10.1. The molecular formula is C14H20N2. The van der Waals surface area contributed by atoms with Gasteiger partial charge in [0, 0.05) is 11.9 Å². The number of aryl methyl sites for hydroxylation is 2. The Morgan fingerprint density at radius 3 is 2.50 bits per heavy atom. The van der Waals surface area contributed by atoms with Crippen molar-refractivity contribution >= 4 is 0 Å². The summed E-state index contributed by atoms with van der Waals surface area (Å²) in [6.45, 7) is 4.35. The molecule has 0 amide bonds. The van der Waals surface area contributed by atoms with Crippen LogP contribution in [0.2, 0.25) is 0 Å². The molecule has 0 spiro atoms. The number of pyridine rings is 1. The molecule has 0 radical (unpaired) electrons. The van der Waals surface area contributed by atoms with Crippen molar-refractivity contribution in [2.24, 2.45) is 0 Å². The average molecular weight is 216 g/mol. The highest BCUT2D eigenvalue weighted by Gasteiger charge is 2.04. The van der Waals surface area contributed by atoms with Crippen LogP contribution in [0.4, 0.5) is 0 Å². The first kappa shape index (κ1) is 12.7. The minimum atomic E-state index is 0.744. The van der Waals surface area contributed by atoms with Gasteiger partial charge in [0.05, 0.1) is 5.56 Å². The van der Waals surface area contributed by atoms with E-state index in [1.54, 1.807) is 6.20 Å². The average Bonchev–Trinajstić information content (AvgIpc) is 2.33. The smallest absolute Gasteiger partial charge is 0.101 e. The van der Waals surface area contributed by atoms with Crippen LogP contribution in [0.5, 0.6) is 0 Å². The summed E-state index contributed by atoms with van der Waals surface area (Å²) in [5, 5.41) is 8.99. The minimum Gasteiger partial charge on any atom is -0.260 e. The van der Waals surface area contributed by atoms with Crippen LogP contribution in [0.1, 0.15) is 56.4 Å². The monoisotopic (exact) mass is 216 g/mol. The van der Waals surface area contributed by atoms with E-state index in [0.29, 0.717) is 0 Å². The van der Waals surface area contributed by atoms with Gasteiger partial charge in [-0.2, -0.15) is 5.26 Å². The van der Waals surface area contributed by atoms with E-state index in [0.717, 1.165) is 36.9 Å². The lowest BCUT2D eigenvalue weighted by atomic mass is 10.0. The van der Waals surface area contributed by atoms with Crippen molar-refractivity contribution in [1.29, 1.82) is 5.26 Å². The van der Waals surface area contributed by atoms with Crippen molar-refractivity contribution in [3.63, 3.8) is 0 Å². The summed E-state index contributed by atoms with van der Waals surface area (Å²) in [5.74, 6) is 0. The molecule has 0 saturated carbocycles. The van der Waals surface area contributed by atoms with Gasteiger partial charge in [-0.1, -0.05) is 26.7 Å². The van der Waals surface area contributed by atoms with Gasteiger partial charge in [0.2, 0.25) is 0 Å². The second-order valence-corrected chi connectivity index (χ2v) is 4.15. The number of unbranched alkanes of at least 4 members (excludes halogenated alkanes) is 2. The molecular weight excluding hydrogens is 196 g/mol. The fourth-order valence-electron chi connectivity index (χ4n) is 1.72. The molecule has 86 valence electrons. The molecule has 2 nitrogen and oxygen atoms in total. The third kappa shape index (κ3) is 3.66. The minimum absolute atomic E-state index is 0.744. The van der Waals surface area contributed by atoms with Gasteiger partial charge in [-0.15, -0.1) is 0 Å². The number of nitrogens with zero attached hydrogens (tertiary/aromatic N) is 2. The summed E-state index contributed by atoms with van der Waals surface area (Å²) < 4.78 is 0. The Morgan fingerprint density at radius 1 is 1.19 bits per heavy atom. The van der Waals surface area contributed by atoms with Gasteiger partial charge >= 0.3 is 0 Å². The van der Waals surface area contributed by atoms with Crippen LogP contribution in [0.3, 0.4) is 0 Å². The zero-order valence-corrected chi connectivity index (χ0v) is 10.3. The number of hydrogen-bond donors (Lipinski definition) is 0. The fourth-order valence-corrected chi connectivity index (χ4v) is 1.72. The van der Waals surface area contributed by atoms with E-state index in [-0.39, 0.29) is 0 Å². The third-order valence-electron chi connectivity index (χ3n) is 2.75. The van der Waals surface area contributed by atoms with E-state index in [2.05, 4.69) is 31.0 Å². The van der Waals surface area contributed by atoms with Gasteiger partial charge in [-0.3, -0.25) is 4.98 Å². The van der Waals surface area contributed by atoms with E-state index < -0.39 is 0 Å². The van der Waals surface area contributed by atoms with Gasteiger partial charge in [0.15, 0.2) is 0 Å². The summed E-state index contributed by atoms with van der Waals surface area (Å²) in [5.41, 5.74) is 3.05. The molecule has 0 unspecified atom stereocenters. The summed E-state index contributed by atoms with van der Waals surface area (Å²) >= 11 is 0. The summed E-state index contributed by atoms with van der Waals surface area (Å²) in [7, 11) is 0. The molecule has 0 N–H and O–H groups in total. The quantitative estimate of drug-likeness (QED) is 0.728. The highest BCUT2D eigenvalue weighted by Crippen LogP contribution is 2.13. The first-order chi connectivity index (χ1) is 7.81. The van der Waals surface area contributed by atoms with Crippen molar-refractivity contribution in [3.05, 3.63) is 29.1 Å². The Labute approximate surface area is 98.3 Å². The van der Waals surface area contributed by atoms with Crippen LogP contribution in [-0.2, 0) is 12.8 Å². The number of rotatable bonds is 6. The van der Waals surface area contributed by atoms with Crippen LogP contribution < -0.4 is 0 Å². The standard InChI is InChI=1S/C14H20N2/c1-3-5-7-12-9-14(8-6-4-2)16-11-13(12)10-15/h9,11H,3-8H2,1-2H3. The number of hydrogen-bond acceptors (Lipinski definition) is 2. The lowest BCUT2D eigenvalue weighted by Crippen LogP contribution is -1.97. The van der Waals surface area contributed by atoms with Gasteiger partial charge < -0.3 is 0 Å². The second kappa shape index (κ2) is 7.00. The molecule has 0 fully saturated rings. The van der Waals surface area contributed by atoms with Crippen LogP contribution in [-0.4, -0.2) is 4.98 Å². The number of aromatic nitrogens is 1. The Bertz CT molecular complexity index is 363. The van der Waals surface area contributed by atoms with E-state index >= 15 is 0 Å². The van der Waals surface area contributed by atoms with E-state index in [4.69, 9.17) is 5.26 Å². The molecule has 2 heteroatoms. The maximum Gasteiger partial charge on any atom is 0.101 e. The van der Waals surface area contributed by atoms with E-state index in [1.807, 2.05) is 0 Å². The van der Waals surface area contributed by atoms with Crippen molar-refractivity contribution in [3.8, 4) is 6.07 Å². The molecule has 1 aromatic heterocycles. The largest absolute Gasteiger partial charge is 0.260 e. The molecule has 1 heterocycles. The van der Waals surface area contributed by atoms with E-state index in [1.165, 1.54) is 18.4 Å². The molecule has 0 aliphatic carbocycles. The molecule has 16 heavy (non-hydrogen) atoms. The summed E-state index contributed by atoms with van der Waals surface area (Å²) in [6.07, 6.45) is 8.43. The first-order valence-corrected chi connectivity index (χ1v) is 6.19. The lowest BCUT2D eigenvalue weighted by Gasteiger charge is -2.05. The summed E-state index contributed by atoms with van der Waals surface area (Å²) in [4.78, 5) is 4.33. The Hall–Kier alpha value is -1.36. The first-order valence-electron chi connectivity index (χ1n) is 6.19. The van der Waals surface area contributed by atoms with Crippen LogP contribution >= 0.6 is 0 Å². The molecule has 1 aromatic rings. The van der Waals surface area contributed by atoms with Crippen LogP contribution in [0.25, 0.3) is 0 Å². The molecule has 0 atom stereocenters. The maximum atomic E-state index is 8.99. The van der Waals surface area contributed by atoms with Crippen molar-refractivity contribution < 1.29 is 0 Å². The van der Waals surface area contributed by atoms with Gasteiger partial charge in [0.25, 0.3) is 0 Å². The lowest BCUT2D eigenvalue weighted by molar-refractivity contribution is 0.763. The molecule has 0 bridgehead atoms. The Balaban J connectivity index is 2.80. The predicted molar refractivity (Wildman–Crippen MR) is 66.2 cm³/mol. The molecule has 1 rings (SSSR count). The van der Waals surface area contributed by atoms with Crippen LogP contribution in [0, 0.1) is 11.3 Å². The molecule has 0 aromatic carbocycles. The highest BCUT2D eigenvalue weighted by molar-refractivity contribution is 5.36. The van der Waals surface area contributed by atoms with Crippen molar-refractivity contribution in [2.45, 2.75) is 52.4 Å². The maximum absolute atomic E-state index is 8.99. The van der Waals surface area contributed by atoms with E-state index in [9.17, 15) is 0 Å². The van der Waals surface area contributed by atoms with Gasteiger partial charge in [-0.25, -0.2) is 0 Å². The third-order valence-corrected chi connectivity index (χ3v) is 2.75. The Kier molecular flexibility index (Phi) is 5.56. The zero-order valence-electron chi connectivity index (χ0n) is 10.3. The van der Waals surface area contributed by atoms with Crippen LogP contribution in [0.15, 0.2) is 12.3 Å². The SMILES string of the molecule is CCCCc1cc(CCCC)c(C#N)cn1. The Morgan fingerprint density at radius 2 is 1.88 bits per heavy atom. The highest BCUT2D eigenvalue weighted by atomic mass is 14.7. The molecule has 0 saturated heterocycles. The number of nitriles is 1. The van der Waals surface area contributed by atoms with Crippen molar-refractivity contribution in [2.75, 3.05) is 0 Å². The summed E-state index contributed by atoms with van der Waals surface area (Å²) in [6, 6.07) is 4.34. The molecule has 0 aliphatic heterocycles. The topological polar surface area (TPSA) is 36.7 Å². The molecule has 0 aliphatic rings. The van der Waals surface area contributed by atoms with Crippen molar-refractivity contribution in [1.82, 2.24) is 4.98 Å².